The minimum Gasteiger partial charge on any atom is -0.370 e. The highest BCUT2D eigenvalue weighted by atomic mass is 16.5. The second kappa shape index (κ2) is 5.14. The Morgan fingerprint density at radius 3 is 3.06 bits per heavy atom. The fraction of sp³-hybridized carbons (Fsp3) is 0.833. The van der Waals surface area contributed by atoms with Crippen molar-refractivity contribution in [1.82, 2.24) is 20.1 Å². The third-order valence-corrected chi connectivity index (χ3v) is 3.16. The van der Waals surface area contributed by atoms with Crippen LogP contribution in [0.1, 0.15) is 39.4 Å². The zero-order chi connectivity index (χ0) is 12.3. The van der Waals surface area contributed by atoms with Crippen LogP contribution in [0.4, 0.5) is 0 Å². The van der Waals surface area contributed by atoms with E-state index in [9.17, 15) is 0 Å². The van der Waals surface area contributed by atoms with Crippen molar-refractivity contribution in [3.05, 3.63) is 12.2 Å². The summed E-state index contributed by atoms with van der Waals surface area (Å²) in [6, 6.07) is 0. The number of ether oxygens (including phenoxy) is 1. The first-order valence-corrected chi connectivity index (χ1v) is 6.36. The molecule has 0 bridgehead atoms. The summed E-state index contributed by atoms with van der Waals surface area (Å²) < 4.78 is 7.93. The molecule has 0 amide bonds. The molecule has 1 fully saturated rings. The molecule has 2 rings (SSSR count). The Labute approximate surface area is 103 Å². The number of hydrogen-bond donors (Lipinski definition) is 1. The van der Waals surface area contributed by atoms with Crippen LogP contribution in [0, 0.1) is 0 Å². The van der Waals surface area contributed by atoms with Gasteiger partial charge in [-0.2, -0.15) is 5.10 Å². The summed E-state index contributed by atoms with van der Waals surface area (Å²) in [5, 5.41) is 7.53. The molecule has 1 aromatic rings. The minimum atomic E-state index is 0.0209. The molecule has 1 aliphatic rings. The zero-order valence-corrected chi connectivity index (χ0v) is 10.9. The van der Waals surface area contributed by atoms with Crippen molar-refractivity contribution < 1.29 is 4.74 Å². The number of nitrogens with one attached hydrogen (secondary N) is 1. The summed E-state index contributed by atoms with van der Waals surface area (Å²) in [7, 11) is 0. The molecular formula is C12H22N4O. The van der Waals surface area contributed by atoms with Crippen molar-refractivity contribution in [2.24, 2.45) is 0 Å². The summed E-state index contributed by atoms with van der Waals surface area (Å²) in [6.07, 6.45) is 4.11. The molecule has 17 heavy (non-hydrogen) atoms. The van der Waals surface area contributed by atoms with Crippen LogP contribution in [0.3, 0.4) is 0 Å². The molecule has 2 heterocycles. The highest BCUT2D eigenvalue weighted by Gasteiger charge is 2.32. The van der Waals surface area contributed by atoms with Crippen molar-refractivity contribution in [2.45, 2.75) is 58.4 Å². The minimum absolute atomic E-state index is 0.0209. The SMILES string of the molecule is CCNCc1ncnn1CC1CCC(C)(C)O1. The van der Waals surface area contributed by atoms with Gasteiger partial charge >= 0.3 is 0 Å². The van der Waals surface area contributed by atoms with E-state index < -0.39 is 0 Å². The molecule has 1 aromatic heterocycles. The van der Waals surface area contributed by atoms with E-state index in [2.05, 4.69) is 36.2 Å². The second-order valence-electron chi connectivity index (χ2n) is 5.18. The highest BCUT2D eigenvalue weighted by Crippen LogP contribution is 2.29. The smallest absolute Gasteiger partial charge is 0.140 e. The van der Waals surface area contributed by atoms with Crippen LogP contribution >= 0.6 is 0 Å². The highest BCUT2D eigenvalue weighted by molar-refractivity contribution is 4.87. The van der Waals surface area contributed by atoms with Gasteiger partial charge in [-0.15, -0.1) is 0 Å². The van der Waals surface area contributed by atoms with Crippen molar-refractivity contribution in [3.8, 4) is 0 Å². The first kappa shape index (κ1) is 12.5. The summed E-state index contributed by atoms with van der Waals surface area (Å²) in [5.74, 6) is 0.986. The van der Waals surface area contributed by atoms with E-state index in [1.807, 2.05) is 4.68 Å². The lowest BCUT2D eigenvalue weighted by Crippen LogP contribution is -2.25. The van der Waals surface area contributed by atoms with Gasteiger partial charge in [0.1, 0.15) is 12.2 Å². The molecule has 96 valence electrons. The Bertz CT molecular complexity index is 361. The molecule has 1 N–H and O–H groups in total. The first-order chi connectivity index (χ1) is 8.11. The molecule has 0 aromatic carbocycles. The Morgan fingerprint density at radius 2 is 2.41 bits per heavy atom. The van der Waals surface area contributed by atoms with Crippen molar-refractivity contribution in [1.29, 1.82) is 0 Å². The maximum absolute atomic E-state index is 5.97. The molecule has 0 spiro atoms. The van der Waals surface area contributed by atoms with Crippen LogP contribution in [-0.4, -0.2) is 33.0 Å². The summed E-state index contributed by atoms with van der Waals surface area (Å²) in [4.78, 5) is 4.27. The Balaban J connectivity index is 1.92. The molecule has 0 aliphatic carbocycles. The predicted octanol–water partition coefficient (Wildman–Crippen LogP) is 1.35. The maximum Gasteiger partial charge on any atom is 0.140 e. The average molecular weight is 238 g/mol. The maximum atomic E-state index is 5.97. The van der Waals surface area contributed by atoms with Crippen LogP contribution in [-0.2, 0) is 17.8 Å². The monoisotopic (exact) mass is 238 g/mol. The van der Waals surface area contributed by atoms with Gasteiger partial charge in [0, 0.05) is 0 Å². The van der Waals surface area contributed by atoms with Crippen molar-refractivity contribution in [3.63, 3.8) is 0 Å². The van der Waals surface area contributed by atoms with Gasteiger partial charge in [0.25, 0.3) is 0 Å². The van der Waals surface area contributed by atoms with Gasteiger partial charge in [-0.25, -0.2) is 9.67 Å². The molecule has 0 saturated carbocycles. The Morgan fingerprint density at radius 1 is 1.59 bits per heavy atom. The Hall–Kier alpha value is -0.940. The molecule has 5 heteroatoms. The molecule has 5 nitrogen and oxygen atoms in total. The van der Waals surface area contributed by atoms with E-state index >= 15 is 0 Å². The van der Waals surface area contributed by atoms with Gasteiger partial charge in [0.05, 0.1) is 24.8 Å². The molecular weight excluding hydrogens is 216 g/mol. The predicted molar refractivity (Wildman–Crippen MR) is 65.6 cm³/mol. The molecule has 0 radical (unpaired) electrons. The van der Waals surface area contributed by atoms with Crippen LogP contribution in [0.25, 0.3) is 0 Å². The summed E-state index contributed by atoms with van der Waals surface area (Å²) in [6.45, 7) is 8.90. The summed E-state index contributed by atoms with van der Waals surface area (Å²) in [5.41, 5.74) is 0.0209. The third kappa shape index (κ3) is 3.26. The fourth-order valence-corrected chi connectivity index (χ4v) is 2.21. The van der Waals surface area contributed by atoms with Crippen LogP contribution in [0.5, 0.6) is 0 Å². The van der Waals surface area contributed by atoms with Gasteiger partial charge in [0.15, 0.2) is 0 Å². The third-order valence-electron chi connectivity index (χ3n) is 3.16. The first-order valence-electron chi connectivity index (χ1n) is 6.36. The van der Waals surface area contributed by atoms with E-state index in [-0.39, 0.29) is 11.7 Å². The molecule has 1 aliphatic heterocycles. The van der Waals surface area contributed by atoms with Gasteiger partial charge in [-0.3, -0.25) is 0 Å². The van der Waals surface area contributed by atoms with Crippen LogP contribution in [0.2, 0.25) is 0 Å². The van der Waals surface area contributed by atoms with Gasteiger partial charge < -0.3 is 10.1 Å². The van der Waals surface area contributed by atoms with Gasteiger partial charge in [-0.1, -0.05) is 6.92 Å². The van der Waals surface area contributed by atoms with Gasteiger partial charge in [0.2, 0.25) is 0 Å². The van der Waals surface area contributed by atoms with Crippen LogP contribution in [0.15, 0.2) is 6.33 Å². The van der Waals surface area contributed by atoms with E-state index in [0.717, 1.165) is 38.3 Å². The average Bonchev–Trinajstić information content (AvgIpc) is 2.83. The fourth-order valence-electron chi connectivity index (χ4n) is 2.21. The topological polar surface area (TPSA) is 52.0 Å². The lowest BCUT2D eigenvalue weighted by Gasteiger charge is -2.19. The quantitative estimate of drug-likeness (QED) is 0.841. The van der Waals surface area contributed by atoms with Crippen LogP contribution < -0.4 is 5.32 Å². The second-order valence-corrected chi connectivity index (χ2v) is 5.18. The van der Waals surface area contributed by atoms with E-state index in [1.165, 1.54) is 0 Å². The lowest BCUT2D eigenvalue weighted by molar-refractivity contribution is -0.0233. The largest absolute Gasteiger partial charge is 0.370 e. The number of rotatable bonds is 5. The Kier molecular flexibility index (Phi) is 3.79. The molecule has 1 unspecified atom stereocenters. The zero-order valence-electron chi connectivity index (χ0n) is 10.9. The standard InChI is InChI=1S/C12H22N4O/c1-4-13-7-11-14-9-15-16(11)8-10-5-6-12(2,3)17-10/h9-10,13H,4-8H2,1-3H3. The number of aromatic nitrogens is 3. The number of nitrogens with zero attached hydrogens (tertiary/aromatic N) is 3. The normalized spacial score (nSPS) is 23.1. The number of hydrogen-bond acceptors (Lipinski definition) is 4. The molecule has 1 atom stereocenters. The van der Waals surface area contributed by atoms with Crippen molar-refractivity contribution in [2.75, 3.05) is 6.54 Å². The van der Waals surface area contributed by atoms with E-state index in [4.69, 9.17) is 4.74 Å². The lowest BCUT2D eigenvalue weighted by atomic mass is 10.1. The van der Waals surface area contributed by atoms with Gasteiger partial charge in [-0.05, 0) is 33.2 Å². The van der Waals surface area contributed by atoms with E-state index in [1.54, 1.807) is 6.33 Å². The summed E-state index contributed by atoms with van der Waals surface area (Å²) >= 11 is 0. The van der Waals surface area contributed by atoms with E-state index in [0.29, 0.717) is 0 Å². The molecule has 1 saturated heterocycles. The van der Waals surface area contributed by atoms with Crippen molar-refractivity contribution >= 4 is 0 Å².